The number of aliphatic hydroxyl groups excluding tert-OH is 1. The molecular weight excluding hydrogens is 322 g/mol. The summed E-state index contributed by atoms with van der Waals surface area (Å²) in [5.74, 6) is 1.89. The lowest BCUT2D eigenvalue weighted by molar-refractivity contribution is 0.0310. The third kappa shape index (κ3) is 6.80. The molecular formula is C18H31N3O4. The van der Waals surface area contributed by atoms with E-state index in [1.807, 2.05) is 20.8 Å². The number of benzene rings is 1. The average Bonchev–Trinajstić information content (AvgIpc) is 2.63. The molecule has 25 heavy (non-hydrogen) atoms. The van der Waals surface area contributed by atoms with Crippen molar-refractivity contribution in [3.8, 4) is 11.5 Å². The van der Waals surface area contributed by atoms with Crippen LogP contribution >= 0.6 is 0 Å². The fraction of sp³-hybridized carbons (Fsp3) is 0.611. The number of aliphatic imine (C=N–C) groups is 1. The first-order valence-electron chi connectivity index (χ1n) is 8.34. The van der Waals surface area contributed by atoms with Crippen LogP contribution in [0.4, 0.5) is 0 Å². The number of ether oxygens (including phenoxy) is 3. The second-order valence-corrected chi connectivity index (χ2v) is 6.16. The minimum Gasteiger partial charge on any atom is -0.497 e. The van der Waals surface area contributed by atoms with Crippen molar-refractivity contribution in [3.63, 3.8) is 0 Å². The maximum atomic E-state index is 10.5. The number of hydrogen-bond donors (Lipinski definition) is 3. The van der Waals surface area contributed by atoms with Crippen LogP contribution in [-0.4, -0.2) is 57.6 Å². The van der Waals surface area contributed by atoms with E-state index in [0.29, 0.717) is 29.6 Å². The van der Waals surface area contributed by atoms with Gasteiger partial charge in [0.05, 0.1) is 32.5 Å². The molecule has 0 fully saturated rings. The van der Waals surface area contributed by atoms with Crippen LogP contribution in [0.25, 0.3) is 0 Å². The van der Waals surface area contributed by atoms with Crippen LogP contribution < -0.4 is 20.1 Å². The highest BCUT2D eigenvalue weighted by Gasteiger charge is 2.17. The van der Waals surface area contributed by atoms with Gasteiger partial charge in [0.2, 0.25) is 0 Å². The number of methoxy groups -OCH3 is 3. The summed E-state index contributed by atoms with van der Waals surface area (Å²) < 4.78 is 15.9. The Labute approximate surface area is 150 Å². The molecule has 0 aliphatic rings. The third-order valence-corrected chi connectivity index (χ3v) is 3.77. The second-order valence-electron chi connectivity index (χ2n) is 6.16. The van der Waals surface area contributed by atoms with Crippen molar-refractivity contribution in [3.05, 3.63) is 23.8 Å². The van der Waals surface area contributed by atoms with Crippen LogP contribution in [0.1, 0.15) is 32.4 Å². The van der Waals surface area contributed by atoms with E-state index in [-0.39, 0.29) is 12.1 Å². The number of guanidine groups is 1. The van der Waals surface area contributed by atoms with Crippen molar-refractivity contribution in [1.82, 2.24) is 10.6 Å². The maximum absolute atomic E-state index is 10.5. The van der Waals surface area contributed by atoms with E-state index >= 15 is 0 Å². The van der Waals surface area contributed by atoms with E-state index in [0.717, 1.165) is 6.54 Å². The third-order valence-electron chi connectivity index (χ3n) is 3.77. The molecule has 0 amide bonds. The smallest absolute Gasteiger partial charge is 0.191 e. The van der Waals surface area contributed by atoms with Crippen LogP contribution in [0.2, 0.25) is 0 Å². The standard InChI is InChI=1S/C18H31N3O4/c1-7-19-17(21-12-18(2,3)25-6)20-11-15(22)14-10-13(23-4)8-9-16(14)24-5/h8-10,15,22H,7,11-12H2,1-6H3,(H2,19,20,21). The monoisotopic (exact) mass is 353 g/mol. The summed E-state index contributed by atoms with van der Waals surface area (Å²) in [6.07, 6.45) is -0.774. The summed E-state index contributed by atoms with van der Waals surface area (Å²) >= 11 is 0. The zero-order valence-corrected chi connectivity index (χ0v) is 16.0. The quantitative estimate of drug-likeness (QED) is 0.463. The van der Waals surface area contributed by atoms with Crippen molar-refractivity contribution < 1.29 is 19.3 Å². The average molecular weight is 353 g/mol. The van der Waals surface area contributed by atoms with Crippen molar-refractivity contribution in [1.29, 1.82) is 0 Å². The van der Waals surface area contributed by atoms with Gasteiger partial charge < -0.3 is 30.0 Å². The molecule has 0 aromatic heterocycles. The molecule has 1 aromatic rings. The molecule has 0 bridgehead atoms. The summed E-state index contributed by atoms with van der Waals surface area (Å²) in [6.45, 7) is 7.42. The zero-order valence-electron chi connectivity index (χ0n) is 16.0. The molecule has 0 heterocycles. The van der Waals surface area contributed by atoms with E-state index in [9.17, 15) is 5.11 Å². The lowest BCUT2D eigenvalue weighted by atomic mass is 10.1. The van der Waals surface area contributed by atoms with Gasteiger partial charge in [-0.05, 0) is 39.0 Å². The van der Waals surface area contributed by atoms with Gasteiger partial charge in [-0.15, -0.1) is 0 Å². The van der Waals surface area contributed by atoms with Gasteiger partial charge in [-0.1, -0.05) is 0 Å². The van der Waals surface area contributed by atoms with Gasteiger partial charge in [-0.2, -0.15) is 0 Å². The molecule has 7 heteroatoms. The highest BCUT2D eigenvalue weighted by atomic mass is 16.5. The number of hydrogen-bond acceptors (Lipinski definition) is 5. The minimum atomic E-state index is -0.774. The Morgan fingerprint density at radius 1 is 1.20 bits per heavy atom. The van der Waals surface area contributed by atoms with E-state index < -0.39 is 6.10 Å². The summed E-state index contributed by atoms with van der Waals surface area (Å²) in [7, 11) is 4.82. The van der Waals surface area contributed by atoms with Crippen LogP contribution in [0.5, 0.6) is 11.5 Å². The van der Waals surface area contributed by atoms with Crippen molar-refractivity contribution in [2.45, 2.75) is 32.5 Å². The van der Waals surface area contributed by atoms with Gasteiger partial charge in [-0.25, -0.2) is 0 Å². The Hall–Kier alpha value is -1.99. The molecule has 142 valence electrons. The van der Waals surface area contributed by atoms with Crippen LogP contribution in [0.15, 0.2) is 23.2 Å². The lowest BCUT2D eigenvalue weighted by Gasteiger charge is -2.22. The van der Waals surface area contributed by atoms with Crippen molar-refractivity contribution in [2.75, 3.05) is 41.0 Å². The van der Waals surface area contributed by atoms with Crippen molar-refractivity contribution in [2.24, 2.45) is 4.99 Å². The first-order valence-corrected chi connectivity index (χ1v) is 8.34. The summed E-state index contributed by atoms with van der Waals surface area (Å²) in [4.78, 5) is 4.50. The lowest BCUT2D eigenvalue weighted by Crippen LogP contribution is -2.40. The number of nitrogens with one attached hydrogen (secondary N) is 2. The van der Waals surface area contributed by atoms with E-state index in [4.69, 9.17) is 14.2 Å². The molecule has 1 rings (SSSR count). The molecule has 0 aliphatic heterocycles. The van der Waals surface area contributed by atoms with Gasteiger partial charge in [-0.3, -0.25) is 4.99 Å². The molecule has 0 aliphatic carbocycles. The van der Waals surface area contributed by atoms with E-state index in [1.165, 1.54) is 0 Å². The molecule has 0 saturated heterocycles. The predicted molar refractivity (Wildman–Crippen MR) is 99.6 cm³/mol. The second kappa shape index (κ2) is 10.1. The molecule has 7 nitrogen and oxygen atoms in total. The molecule has 0 saturated carbocycles. The van der Waals surface area contributed by atoms with E-state index in [1.54, 1.807) is 39.5 Å². The summed E-state index contributed by atoms with van der Waals surface area (Å²) in [5, 5.41) is 16.8. The van der Waals surface area contributed by atoms with Gasteiger partial charge in [0.15, 0.2) is 5.96 Å². The van der Waals surface area contributed by atoms with Gasteiger partial charge in [0.1, 0.15) is 11.5 Å². The van der Waals surface area contributed by atoms with Gasteiger partial charge in [0.25, 0.3) is 0 Å². The van der Waals surface area contributed by atoms with Gasteiger partial charge >= 0.3 is 0 Å². The summed E-state index contributed by atoms with van der Waals surface area (Å²) in [5.41, 5.74) is 0.305. The maximum Gasteiger partial charge on any atom is 0.191 e. The molecule has 3 N–H and O–H groups in total. The first kappa shape index (κ1) is 21.1. The Kier molecular flexibility index (Phi) is 8.51. The fourth-order valence-electron chi connectivity index (χ4n) is 2.08. The fourth-order valence-corrected chi connectivity index (χ4v) is 2.08. The van der Waals surface area contributed by atoms with Crippen molar-refractivity contribution >= 4 is 5.96 Å². The largest absolute Gasteiger partial charge is 0.497 e. The molecule has 0 radical (unpaired) electrons. The number of nitrogens with zero attached hydrogens (tertiary/aromatic N) is 1. The summed E-state index contributed by atoms with van der Waals surface area (Å²) in [6, 6.07) is 5.34. The van der Waals surface area contributed by atoms with Gasteiger partial charge in [0, 0.05) is 25.8 Å². The Bertz CT molecular complexity index is 561. The Morgan fingerprint density at radius 3 is 2.48 bits per heavy atom. The number of rotatable bonds is 9. The Morgan fingerprint density at radius 2 is 1.92 bits per heavy atom. The van der Waals surface area contributed by atoms with E-state index in [2.05, 4.69) is 15.6 Å². The highest BCUT2D eigenvalue weighted by Crippen LogP contribution is 2.29. The Balaban J connectivity index is 2.80. The van der Waals surface area contributed by atoms with Crippen LogP contribution in [-0.2, 0) is 4.74 Å². The molecule has 1 unspecified atom stereocenters. The molecule has 1 aromatic carbocycles. The number of aliphatic hydroxyl groups is 1. The first-order chi connectivity index (χ1) is 11.9. The van der Waals surface area contributed by atoms with Crippen LogP contribution in [0, 0.1) is 0 Å². The highest BCUT2D eigenvalue weighted by molar-refractivity contribution is 5.79. The normalized spacial score (nSPS) is 13.3. The SMILES string of the molecule is CCNC(=NCC(C)(C)OC)NCC(O)c1cc(OC)ccc1OC. The minimum absolute atomic E-state index is 0.281. The van der Waals surface area contributed by atoms with Crippen LogP contribution in [0.3, 0.4) is 0 Å². The molecule has 0 spiro atoms. The predicted octanol–water partition coefficient (Wildman–Crippen LogP) is 1.72. The molecule has 1 atom stereocenters. The topological polar surface area (TPSA) is 84.3 Å². The zero-order chi connectivity index (χ0) is 18.9.